The lowest BCUT2D eigenvalue weighted by atomic mass is 9.75. The molecule has 1 heterocycles. The van der Waals surface area contributed by atoms with E-state index in [1.54, 1.807) is 6.08 Å². The van der Waals surface area contributed by atoms with E-state index in [4.69, 9.17) is 4.74 Å². The molecule has 3 rings (SSSR count). The van der Waals surface area contributed by atoms with Gasteiger partial charge in [0.25, 0.3) is 0 Å². The van der Waals surface area contributed by atoms with Crippen LogP contribution >= 0.6 is 0 Å². The van der Waals surface area contributed by atoms with Gasteiger partial charge in [-0.25, -0.2) is 4.79 Å². The molecule has 0 aromatic rings. The molecule has 0 aromatic carbocycles. The van der Waals surface area contributed by atoms with Crippen molar-refractivity contribution in [2.24, 2.45) is 11.8 Å². The maximum absolute atomic E-state index is 11.6. The van der Waals surface area contributed by atoms with Gasteiger partial charge in [0.05, 0.1) is 17.6 Å². The van der Waals surface area contributed by atoms with E-state index >= 15 is 0 Å². The summed E-state index contributed by atoms with van der Waals surface area (Å²) in [5, 5.41) is 21.5. The number of carbonyl (C=O) groups is 1. The van der Waals surface area contributed by atoms with Crippen LogP contribution < -0.4 is 0 Å². The molecule has 0 saturated carbocycles. The van der Waals surface area contributed by atoms with Gasteiger partial charge in [0.15, 0.2) is 0 Å². The van der Waals surface area contributed by atoms with Crippen LogP contribution in [0.5, 0.6) is 0 Å². The van der Waals surface area contributed by atoms with Crippen molar-refractivity contribution in [3.8, 4) is 0 Å². The van der Waals surface area contributed by atoms with Crippen LogP contribution in [0.2, 0.25) is 0 Å². The van der Waals surface area contributed by atoms with Crippen LogP contribution in [-0.2, 0) is 9.53 Å². The van der Waals surface area contributed by atoms with E-state index in [9.17, 15) is 15.0 Å². The van der Waals surface area contributed by atoms with Crippen LogP contribution in [0.1, 0.15) is 20.3 Å². The average molecular weight is 262 g/mol. The zero-order chi connectivity index (χ0) is 13.9. The molecule has 0 radical (unpaired) electrons. The smallest absolute Gasteiger partial charge is 0.334 e. The van der Waals surface area contributed by atoms with Crippen LogP contribution in [0.3, 0.4) is 0 Å². The zero-order valence-electron chi connectivity index (χ0n) is 11.1. The second-order valence-corrected chi connectivity index (χ2v) is 5.82. The third-order valence-corrected chi connectivity index (χ3v) is 4.81. The number of ether oxygens (including phenoxy) is 1. The van der Waals surface area contributed by atoms with Crippen molar-refractivity contribution in [2.75, 3.05) is 0 Å². The Hall–Kier alpha value is -1.39. The highest BCUT2D eigenvalue weighted by Crippen LogP contribution is 2.49. The van der Waals surface area contributed by atoms with Gasteiger partial charge in [-0.2, -0.15) is 0 Å². The van der Waals surface area contributed by atoms with Crippen molar-refractivity contribution in [3.05, 3.63) is 35.5 Å². The first-order valence-electron chi connectivity index (χ1n) is 6.52. The molecule has 19 heavy (non-hydrogen) atoms. The van der Waals surface area contributed by atoms with Gasteiger partial charge in [-0.15, -0.1) is 0 Å². The topological polar surface area (TPSA) is 66.8 Å². The molecule has 0 aromatic heterocycles. The molecule has 3 aliphatic rings. The summed E-state index contributed by atoms with van der Waals surface area (Å²) in [5.41, 5.74) is 0.932. The van der Waals surface area contributed by atoms with Gasteiger partial charge in [-0.05, 0) is 31.9 Å². The lowest BCUT2D eigenvalue weighted by Crippen LogP contribution is -2.44. The molecule has 1 aliphatic heterocycles. The maximum atomic E-state index is 11.6. The third-order valence-electron chi connectivity index (χ3n) is 4.81. The Labute approximate surface area is 112 Å². The molecule has 0 bridgehead atoms. The highest BCUT2D eigenvalue weighted by Gasteiger charge is 2.55. The molecule has 5 atom stereocenters. The molecule has 2 aliphatic carbocycles. The van der Waals surface area contributed by atoms with E-state index in [0.29, 0.717) is 12.0 Å². The monoisotopic (exact) mass is 262 g/mol. The van der Waals surface area contributed by atoms with Crippen molar-refractivity contribution in [2.45, 2.75) is 38.1 Å². The summed E-state index contributed by atoms with van der Waals surface area (Å²) in [6, 6.07) is 0. The number of aliphatic hydroxyl groups excluding tert-OH is 1. The Morgan fingerprint density at radius 2 is 2.16 bits per heavy atom. The maximum Gasteiger partial charge on any atom is 0.334 e. The standard InChI is InChI=1S/C15H18O4/c1-7-4-5-15(18)8(2)6-10-11(13(16)12(7)15)9(3)14(17)19-10/h4,6,10-13,16,18H,3,5H2,1-2H3. The fourth-order valence-corrected chi connectivity index (χ4v) is 3.65. The number of hydrogen-bond acceptors (Lipinski definition) is 4. The number of fused-ring (bicyclic) bond motifs is 2. The Morgan fingerprint density at radius 3 is 2.84 bits per heavy atom. The highest BCUT2D eigenvalue weighted by molar-refractivity contribution is 5.91. The second-order valence-electron chi connectivity index (χ2n) is 5.82. The molecule has 0 spiro atoms. The summed E-state index contributed by atoms with van der Waals surface area (Å²) >= 11 is 0. The van der Waals surface area contributed by atoms with Crippen molar-refractivity contribution < 1.29 is 19.7 Å². The second kappa shape index (κ2) is 3.81. The molecular weight excluding hydrogens is 244 g/mol. The fourth-order valence-electron chi connectivity index (χ4n) is 3.65. The minimum absolute atomic E-state index is 0.297. The molecule has 5 unspecified atom stereocenters. The van der Waals surface area contributed by atoms with E-state index < -0.39 is 35.6 Å². The van der Waals surface area contributed by atoms with Crippen molar-refractivity contribution >= 4 is 5.97 Å². The summed E-state index contributed by atoms with van der Waals surface area (Å²) in [6.07, 6.45) is 2.82. The van der Waals surface area contributed by atoms with Crippen LogP contribution in [0.25, 0.3) is 0 Å². The zero-order valence-corrected chi connectivity index (χ0v) is 11.1. The van der Waals surface area contributed by atoms with E-state index in [0.717, 1.165) is 11.1 Å². The number of esters is 1. The lowest BCUT2D eigenvalue weighted by molar-refractivity contribution is -0.137. The summed E-state index contributed by atoms with van der Waals surface area (Å²) in [4.78, 5) is 11.6. The molecular formula is C15H18O4. The Morgan fingerprint density at radius 1 is 1.47 bits per heavy atom. The van der Waals surface area contributed by atoms with E-state index in [2.05, 4.69) is 6.58 Å². The molecule has 4 nitrogen and oxygen atoms in total. The van der Waals surface area contributed by atoms with Crippen molar-refractivity contribution in [1.82, 2.24) is 0 Å². The minimum Gasteiger partial charge on any atom is -0.454 e. The van der Waals surface area contributed by atoms with Gasteiger partial charge in [0, 0.05) is 11.5 Å². The summed E-state index contributed by atoms with van der Waals surface area (Å²) in [7, 11) is 0. The first-order chi connectivity index (χ1) is 8.86. The van der Waals surface area contributed by atoms with Gasteiger partial charge in [0.2, 0.25) is 0 Å². The van der Waals surface area contributed by atoms with Gasteiger partial charge in [-0.3, -0.25) is 0 Å². The number of hydrogen-bond donors (Lipinski definition) is 2. The van der Waals surface area contributed by atoms with Crippen LogP contribution in [-0.4, -0.2) is 34.0 Å². The number of aliphatic hydroxyl groups is 2. The predicted molar refractivity (Wildman–Crippen MR) is 69.1 cm³/mol. The fraction of sp³-hybridized carbons (Fsp3) is 0.533. The molecule has 1 saturated heterocycles. The Balaban J connectivity index is 2.12. The van der Waals surface area contributed by atoms with E-state index in [-0.39, 0.29) is 0 Å². The van der Waals surface area contributed by atoms with Crippen LogP contribution in [0.4, 0.5) is 0 Å². The van der Waals surface area contributed by atoms with Gasteiger partial charge in [0.1, 0.15) is 6.10 Å². The van der Waals surface area contributed by atoms with Gasteiger partial charge in [-0.1, -0.05) is 18.2 Å². The minimum atomic E-state index is -1.07. The molecule has 0 amide bonds. The first kappa shape index (κ1) is 12.6. The van der Waals surface area contributed by atoms with Crippen LogP contribution in [0.15, 0.2) is 35.5 Å². The normalized spacial score (nSPS) is 45.1. The van der Waals surface area contributed by atoms with E-state index in [1.165, 1.54) is 0 Å². The van der Waals surface area contributed by atoms with Crippen molar-refractivity contribution in [1.29, 1.82) is 0 Å². The van der Waals surface area contributed by atoms with Crippen molar-refractivity contribution in [3.63, 3.8) is 0 Å². The SMILES string of the molecule is C=C1C(=O)OC2C=C(C)C3(O)CC=C(C)C3C(O)C12. The molecule has 102 valence electrons. The van der Waals surface area contributed by atoms with Gasteiger partial charge < -0.3 is 14.9 Å². The predicted octanol–water partition coefficient (Wildman–Crippen LogP) is 1.10. The summed E-state index contributed by atoms with van der Waals surface area (Å²) in [6.45, 7) is 7.46. The highest BCUT2D eigenvalue weighted by atomic mass is 16.6. The van der Waals surface area contributed by atoms with Gasteiger partial charge >= 0.3 is 5.97 Å². The Kier molecular flexibility index (Phi) is 2.53. The van der Waals surface area contributed by atoms with E-state index in [1.807, 2.05) is 19.9 Å². The lowest BCUT2D eigenvalue weighted by Gasteiger charge is -2.35. The number of rotatable bonds is 0. The third kappa shape index (κ3) is 1.50. The molecule has 4 heteroatoms. The Bertz CT molecular complexity index is 530. The first-order valence-corrected chi connectivity index (χ1v) is 6.52. The van der Waals surface area contributed by atoms with Crippen LogP contribution in [0, 0.1) is 11.8 Å². The average Bonchev–Trinajstić information content (AvgIpc) is 2.76. The largest absolute Gasteiger partial charge is 0.454 e. The quantitative estimate of drug-likeness (QED) is 0.390. The molecule has 2 N–H and O–H groups in total. The summed E-state index contributed by atoms with van der Waals surface area (Å²) < 4.78 is 5.24. The molecule has 1 fully saturated rings. The summed E-state index contributed by atoms with van der Waals surface area (Å²) in [5.74, 6) is -1.32. The number of carbonyl (C=O) groups excluding carboxylic acids is 1.